The summed E-state index contributed by atoms with van der Waals surface area (Å²) in [6.45, 7) is 3.95. The molecule has 0 spiro atoms. The van der Waals surface area contributed by atoms with Crippen LogP contribution in [0.3, 0.4) is 0 Å². The number of hydrogen-bond acceptors (Lipinski definition) is 7. The number of aromatic hydroxyl groups is 1. The van der Waals surface area contributed by atoms with Crippen molar-refractivity contribution >= 4 is 23.7 Å². The van der Waals surface area contributed by atoms with Gasteiger partial charge >= 0.3 is 0 Å². The molecule has 1 saturated heterocycles. The number of phenolic OH excluding ortho intramolecular Hbond substituents is 1. The number of piperidine rings is 1. The van der Waals surface area contributed by atoms with E-state index in [0.717, 1.165) is 18.5 Å². The predicted molar refractivity (Wildman–Crippen MR) is 141 cm³/mol. The van der Waals surface area contributed by atoms with Gasteiger partial charge in [-0.15, -0.1) is 0 Å². The molecule has 7 nitrogen and oxygen atoms in total. The Labute approximate surface area is 213 Å². The monoisotopic (exact) mass is 493 g/mol. The molecule has 2 aromatic rings. The molecule has 192 valence electrons. The topological polar surface area (TPSA) is 85.3 Å². The Morgan fingerprint density at radius 1 is 0.861 bits per heavy atom. The first-order valence-corrected chi connectivity index (χ1v) is 12.3. The van der Waals surface area contributed by atoms with Crippen LogP contribution in [0.15, 0.2) is 48.6 Å². The average molecular weight is 494 g/mol. The standard InChI is InChI=1S/C29H35NO6/c1-34-27-14-10-23(20-29(27)36-18-6-17-30-15-4-3-5-16-30)8-12-25(32)21-24(31)11-7-22-9-13-26(33)28(19-22)35-2/h7-14,19-20,33H,3-6,15-18,21H2,1-2H3/b11-7+,12-8+. The minimum Gasteiger partial charge on any atom is -0.504 e. The van der Waals surface area contributed by atoms with E-state index in [-0.39, 0.29) is 23.7 Å². The SMILES string of the molecule is COc1cc(/C=C/C(=O)CC(=O)/C=C/c2ccc(OC)c(OCCCN3CCCCC3)c2)ccc1O. The number of benzene rings is 2. The summed E-state index contributed by atoms with van der Waals surface area (Å²) in [5.74, 6) is 0.993. The second-order valence-electron chi connectivity index (χ2n) is 8.72. The molecule has 1 aliphatic heterocycles. The van der Waals surface area contributed by atoms with Crippen molar-refractivity contribution in [1.82, 2.24) is 4.90 Å². The summed E-state index contributed by atoms with van der Waals surface area (Å²) >= 11 is 0. The third-order valence-corrected chi connectivity index (χ3v) is 5.99. The second kappa shape index (κ2) is 14.1. The molecule has 3 rings (SSSR count). The molecular formula is C29H35NO6. The number of rotatable bonds is 13. The lowest BCUT2D eigenvalue weighted by Gasteiger charge is -2.26. The Morgan fingerprint density at radius 3 is 2.11 bits per heavy atom. The van der Waals surface area contributed by atoms with Crippen LogP contribution in [0.2, 0.25) is 0 Å². The highest BCUT2D eigenvalue weighted by atomic mass is 16.5. The van der Waals surface area contributed by atoms with Crippen molar-refractivity contribution in [2.45, 2.75) is 32.1 Å². The van der Waals surface area contributed by atoms with Crippen LogP contribution in [0.4, 0.5) is 0 Å². The predicted octanol–water partition coefficient (Wildman–Crippen LogP) is 4.92. The summed E-state index contributed by atoms with van der Waals surface area (Å²) in [7, 11) is 3.05. The first-order valence-electron chi connectivity index (χ1n) is 12.3. The molecule has 1 aliphatic rings. The van der Waals surface area contributed by atoms with E-state index in [9.17, 15) is 14.7 Å². The maximum absolute atomic E-state index is 12.3. The first kappa shape index (κ1) is 27.0. The van der Waals surface area contributed by atoms with Gasteiger partial charge < -0.3 is 24.2 Å². The lowest BCUT2D eigenvalue weighted by atomic mass is 10.1. The van der Waals surface area contributed by atoms with Gasteiger partial charge in [-0.05, 0) is 79.9 Å². The number of carbonyl (C=O) groups is 2. The number of ketones is 2. The average Bonchev–Trinajstić information content (AvgIpc) is 2.90. The van der Waals surface area contributed by atoms with Gasteiger partial charge in [0.15, 0.2) is 34.6 Å². The van der Waals surface area contributed by atoms with Gasteiger partial charge in [0.2, 0.25) is 0 Å². The zero-order chi connectivity index (χ0) is 25.8. The molecule has 0 bridgehead atoms. The minimum absolute atomic E-state index is 0.0193. The van der Waals surface area contributed by atoms with Crippen LogP contribution in [-0.4, -0.2) is 62.0 Å². The maximum Gasteiger partial charge on any atom is 0.163 e. The van der Waals surface area contributed by atoms with Gasteiger partial charge in [0.1, 0.15) is 0 Å². The van der Waals surface area contributed by atoms with E-state index < -0.39 is 0 Å². The van der Waals surface area contributed by atoms with Crippen molar-refractivity contribution < 1.29 is 28.9 Å². The summed E-state index contributed by atoms with van der Waals surface area (Å²) in [6.07, 6.45) is 10.6. The van der Waals surface area contributed by atoms with Gasteiger partial charge in [-0.3, -0.25) is 9.59 Å². The van der Waals surface area contributed by atoms with Crippen LogP contribution in [0, 0.1) is 0 Å². The molecule has 36 heavy (non-hydrogen) atoms. The first-order chi connectivity index (χ1) is 17.5. The number of nitrogens with zero attached hydrogens (tertiary/aromatic N) is 1. The van der Waals surface area contributed by atoms with Crippen LogP contribution in [-0.2, 0) is 9.59 Å². The Hall–Kier alpha value is -3.58. The van der Waals surface area contributed by atoms with Gasteiger partial charge in [-0.25, -0.2) is 0 Å². The summed E-state index contributed by atoms with van der Waals surface area (Å²) in [6, 6.07) is 10.2. The number of phenols is 1. The summed E-state index contributed by atoms with van der Waals surface area (Å²) in [4.78, 5) is 27.0. The third kappa shape index (κ3) is 8.57. The fourth-order valence-electron chi connectivity index (χ4n) is 4.03. The highest BCUT2D eigenvalue weighted by Gasteiger charge is 2.10. The number of hydrogen-bond donors (Lipinski definition) is 1. The second-order valence-corrected chi connectivity index (χ2v) is 8.72. The molecular weight excluding hydrogens is 458 g/mol. The fourth-order valence-corrected chi connectivity index (χ4v) is 4.03. The van der Waals surface area contributed by atoms with Crippen molar-refractivity contribution in [3.05, 3.63) is 59.7 Å². The van der Waals surface area contributed by atoms with Gasteiger partial charge in [0.25, 0.3) is 0 Å². The summed E-state index contributed by atoms with van der Waals surface area (Å²) in [5, 5.41) is 9.65. The van der Waals surface area contributed by atoms with E-state index in [0.29, 0.717) is 29.4 Å². The molecule has 0 saturated carbocycles. The van der Waals surface area contributed by atoms with Crippen LogP contribution >= 0.6 is 0 Å². The number of likely N-dealkylation sites (tertiary alicyclic amines) is 1. The molecule has 0 atom stereocenters. The van der Waals surface area contributed by atoms with Gasteiger partial charge in [-0.2, -0.15) is 0 Å². The van der Waals surface area contributed by atoms with E-state index in [1.54, 1.807) is 31.4 Å². The summed E-state index contributed by atoms with van der Waals surface area (Å²) in [5.41, 5.74) is 1.47. The van der Waals surface area contributed by atoms with E-state index in [1.807, 2.05) is 18.2 Å². The van der Waals surface area contributed by atoms with Crippen molar-refractivity contribution in [3.8, 4) is 23.0 Å². The molecule has 2 aromatic carbocycles. The number of carbonyl (C=O) groups excluding carboxylic acids is 2. The molecule has 0 aliphatic carbocycles. The largest absolute Gasteiger partial charge is 0.504 e. The molecule has 1 N–H and O–H groups in total. The normalized spacial score (nSPS) is 14.3. The molecule has 0 amide bonds. The van der Waals surface area contributed by atoms with Gasteiger partial charge in [0, 0.05) is 6.54 Å². The molecule has 1 fully saturated rings. The maximum atomic E-state index is 12.3. The van der Waals surface area contributed by atoms with Crippen molar-refractivity contribution in [3.63, 3.8) is 0 Å². The molecule has 0 aromatic heterocycles. The van der Waals surface area contributed by atoms with Crippen LogP contribution in [0.5, 0.6) is 23.0 Å². The zero-order valence-electron chi connectivity index (χ0n) is 21.1. The fraction of sp³-hybridized carbons (Fsp3) is 0.379. The number of methoxy groups -OCH3 is 2. The minimum atomic E-state index is -0.316. The highest BCUT2D eigenvalue weighted by Crippen LogP contribution is 2.29. The highest BCUT2D eigenvalue weighted by molar-refractivity contribution is 6.10. The van der Waals surface area contributed by atoms with E-state index >= 15 is 0 Å². The quantitative estimate of drug-likeness (QED) is 0.241. The lowest BCUT2D eigenvalue weighted by Crippen LogP contribution is -2.31. The van der Waals surface area contributed by atoms with Crippen molar-refractivity contribution in [2.75, 3.05) is 40.5 Å². The van der Waals surface area contributed by atoms with Crippen LogP contribution < -0.4 is 14.2 Å². The Bertz CT molecular complexity index is 1090. The zero-order valence-corrected chi connectivity index (χ0v) is 21.1. The summed E-state index contributed by atoms with van der Waals surface area (Å²) < 4.78 is 16.4. The molecule has 0 radical (unpaired) electrons. The number of allylic oxidation sites excluding steroid dienone is 2. The van der Waals surface area contributed by atoms with Crippen molar-refractivity contribution in [1.29, 1.82) is 0 Å². The van der Waals surface area contributed by atoms with Crippen LogP contribution in [0.1, 0.15) is 43.2 Å². The molecule has 1 heterocycles. The Morgan fingerprint density at radius 2 is 1.47 bits per heavy atom. The molecule has 7 heteroatoms. The van der Waals surface area contributed by atoms with Gasteiger partial charge in [0.05, 0.1) is 27.2 Å². The molecule has 0 unspecified atom stereocenters. The smallest absolute Gasteiger partial charge is 0.163 e. The van der Waals surface area contributed by atoms with Crippen molar-refractivity contribution in [2.24, 2.45) is 0 Å². The van der Waals surface area contributed by atoms with E-state index in [1.165, 1.54) is 57.7 Å². The van der Waals surface area contributed by atoms with Crippen LogP contribution in [0.25, 0.3) is 12.2 Å². The van der Waals surface area contributed by atoms with Gasteiger partial charge in [-0.1, -0.05) is 30.7 Å². The number of ether oxygens (including phenoxy) is 3. The van der Waals surface area contributed by atoms with E-state index in [4.69, 9.17) is 14.2 Å². The Kier molecular flexibility index (Phi) is 10.6. The lowest BCUT2D eigenvalue weighted by molar-refractivity contribution is -0.121. The van der Waals surface area contributed by atoms with E-state index in [2.05, 4.69) is 4.90 Å². The third-order valence-electron chi connectivity index (χ3n) is 5.99. The Balaban J connectivity index is 1.50.